The molecule has 1 aromatic carbocycles. The number of anilines is 1. The van der Waals surface area contributed by atoms with Crippen LogP contribution in [0.4, 0.5) is 5.69 Å². The van der Waals surface area contributed by atoms with Gasteiger partial charge in [0.15, 0.2) is 0 Å². The van der Waals surface area contributed by atoms with Crippen LogP contribution in [0.2, 0.25) is 5.02 Å². The minimum atomic E-state index is 0.385. The van der Waals surface area contributed by atoms with E-state index in [4.69, 9.17) is 29.6 Å². The van der Waals surface area contributed by atoms with Crippen molar-refractivity contribution in [2.45, 2.75) is 32.2 Å². The number of nitrogens with one attached hydrogen (secondary N) is 1. The zero-order chi connectivity index (χ0) is 12.4. The minimum absolute atomic E-state index is 0.385. The highest BCUT2D eigenvalue weighted by Crippen LogP contribution is 2.32. The van der Waals surface area contributed by atoms with Crippen molar-refractivity contribution in [3.8, 4) is 0 Å². The van der Waals surface area contributed by atoms with Crippen molar-refractivity contribution in [3.05, 3.63) is 28.8 Å². The summed E-state index contributed by atoms with van der Waals surface area (Å²) in [6.45, 7) is 2.21. The molecule has 92 valence electrons. The molecule has 17 heavy (non-hydrogen) atoms. The molecular formula is C13H17ClN2S. The molecule has 0 bridgehead atoms. The zero-order valence-corrected chi connectivity index (χ0v) is 11.4. The Morgan fingerprint density at radius 1 is 1.53 bits per heavy atom. The summed E-state index contributed by atoms with van der Waals surface area (Å²) in [4.78, 5) is 0.385. The molecule has 1 aromatic rings. The highest BCUT2D eigenvalue weighted by Gasteiger charge is 2.24. The van der Waals surface area contributed by atoms with Gasteiger partial charge in [-0.2, -0.15) is 0 Å². The van der Waals surface area contributed by atoms with Crippen LogP contribution in [0.5, 0.6) is 0 Å². The van der Waals surface area contributed by atoms with E-state index in [0.717, 1.165) is 17.2 Å². The first-order valence-corrected chi connectivity index (χ1v) is 6.72. The first-order chi connectivity index (χ1) is 8.08. The molecule has 3 N–H and O–H groups in total. The van der Waals surface area contributed by atoms with E-state index in [1.54, 1.807) is 0 Å². The maximum absolute atomic E-state index is 5.96. The number of nitrogens with two attached hydrogens (primary N) is 1. The topological polar surface area (TPSA) is 38.0 Å². The number of hydrogen-bond donors (Lipinski definition) is 2. The zero-order valence-electron chi connectivity index (χ0n) is 9.87. The summed E-state index contributed by atoms with van der Waals surface area (Å²) in [6.07, 6.45) is 3.97. The van der Waals surface area contributed by atoms with Crippen LogP contribution in [0.3, 0.4) is 0 Å². The van der Waals surface area contributed by atoms with Gasteiger partial charge in [-0.05, 0) is 43.9 Å². The van der Waals surface area contributed by atoms with Gasteiger partial charge in [0.05, 0.1) is 0 Å². The summed E-state index contributed by atoms with van der Waals surface area (Å²) >= 11 is 11.0. The Bertz CT molecular complexity index is 429. The second-order valence-electron chi connectivity index (χ2n) is 4.68. The van der Waals surface area contributed by atoms with Gasteiger partial charge in [0.2, 0.25) is 0 Å². The number of hydrogen-bond acceptors (Lipinski definition) is 2. The molecule has 0 aliphatic heterocycles. The quantitative estimate of drug-likeness (QED) is 0.820. The van der Waals surface area contributed by atoms with Crippen molar-refractivity contribution in [1.29, 1.82) is 0 Å². The van der Waals surface area contributed by atoms with E-state index in [2.05, 4.69) is 12.2 Å². The van der Waals surface area contributed by atoms with Crippen molar-refractivity contribution < 1.29 is 0 Å². The van der Waals surface area contributed by atoms with Gasteiger partial charge in [-0.3, -0.25) is 0 Å². The molecule has 0 heterocycles. The highest BCUT2D eigenvalue weighted by atomic mass is 35.5. The highest BCUT2D eigenvalue weighted by molar-refractivity contribution is 7.80. The predicted molar refractivity (Wildman–Crippen MR) is 77.8 cm³/mol. The van der Waals surface area contributed by atoms with Crippen LogP contribution in [0.1, 0.15) is 31.7 Å². The lowest BCUT2D eigenvalue weighted by Gasteiger charge is -2.33. The molecule has 2 nitrogen and oxygen atoms in total. The summed E-state index contributed by atoms with van der Waals surface area (Å²) in [6, 6.07) is 6.09. The van der Waals surface area contributed by atoms with Crippen LogP contribution >= 0.6 is 23.8 Å². The fourth-order valence-corrected chi connectivity index (χ4v) is 2.49. The second-order valence-corrected chi connectivity index (χ2v) is 5.55. The fourth-order valence-electron chi connectivity index (χ4n) is 2.15. The van der Waals surface area contributed by atoms with E-state index in [1.807, 2.05) is 18.2 Å². The normalized spacial score (nSPS) is 17.3. The van der Waals surface area contributed by atoms with Gasteiger partial charge < -0.3 is 11.1 Å². The molecule has 2 rings (SSSR count). The predicted octanol–water partition coefficient (Wildman–Crippen LogP) is 3.57. The summed E-state index contributed by atoms with van der Waals surface area (Å²) in [7, 11) is 0. The largest absolute Gasteiger partial charge is 0.389 e. The standard InChI is InChI=1S/C13H17ClN2S/c1-8(9-3-2-4-9)16-12-6-5-10(14)7-11(12)13(15)17/h5-9,16H,2-4H2,1H3,(H2,15,17). The van der Waals surface area contributed by atoms with Gasteiger partial charge in [-0.25, -0.2) is 0 Å². The summed E-state index contributed by atoms with van der Waals surface area (Å²) in [5.41, 5.74) is 7.53. The van der Waals surface area contributed by atoms with Crippen molar-refractivity contribution >= 4 is 34.5 Å². The van der Waals surface area contributed by atoms with Crippen LogP contribution in [0, 0.1) is 5.92 Å². The third kappa shape index (κ3) is 2.90. The van der Waals surface area contributed by atoms with E-state index >= 15 is 0 Å². The Morgan fingerprint density at radius 2 is 2.24 bits per heavy atom. The van der Waals surface area contributed by atoms with E-state index in [9.17, 15) is 0 Å². The molecule has 0 radical (unpaired) electrons. The summed E-state index contributed by atoms with van der Waals surface area (Å²) < 4.78 is 0. The number of rotatable bonds is 4. The maximum atomic E-state index is 5.96. The molecular weight excluding hydrogens is 252 g/mol. The van der Waals surface area contributed by atoms with Crippen LogP contribution in [-0.2, 0) is 0 Å². The molecule has 4 heteroatoms. The van der Waals surface area contributed by atoms with E-state index in [-0.39, 0.29) is 0 Å². The van der Waals surface area contributed by atoms with Crippen LogP contribution in [0.15, 0.2) is 18.2 Å². The molecule has 0 aromatic heterocycles. The third-order valence-corrected chi connectivity index (χ3v) is 3.94. The number of thiocarbonyl (C=S) groups is 1. The Kier molecular flexibility index (Phi) is 3.89. The Balaban J connectivity index is 2.16. The third-order valence-electron chi connectivity index (χ3n) is 3.49. The van der Waals surface area contributed by atoms with E-state index < -0.39 is 0 Å². The number of benzene rings is 1. The SMILES string of the molecule is CC(Nc1ccc(Cl)cc1C(N)=S)C1CCC1. The average Bonchev–Trinajstić information content (AvgIpc) is 2.17. The van der Waals surface area contributed by atoms with Crippen molar-refractivity contribution in [1.82, 2.24) is 0 Å². The van der Waals surface area contributed by atoms with Gasteiger partial charge in [0.1, 0.15) is 4.99 Å². The monoisotopic (exact) mass is 268 g/mol. The van der Waals surface area contributed by atoms with Gasteiger partial charge in [0.25, 0.3) is 0 Å². The molecule has 1 aliphatic carbocycles. The van der Waals surface area contributed by atoms with Crippen molar-refractivity contribution in [3.63, 3.8) is 0 Å². The lowest BCUT2D eigenvalue weighted by Crippen LogP contribution is -2.31. The Morgan fingerprint density at radius 3 is 2.76 bits per heavy atom. The molecule has 0 amide bonds. The van der Waals surface area contributed by atoms with Crippen LogP contribution < -0.4 is 11.1 Å². The second kappa shape index (κ2) is 5.23. The van der Waals surface area contributed by atoms with E-state index in [1.165, 1.54) is 19.3 Å². The molecule has 1 fully saturated rings. The maximum Gasteiger partial charge on any atom is 0.106 e. The van der Waals surface area contributed by atoms with Crippen molar-refractivity contribution in [2.24, 2.45) is 11.7 Å². The van der Waals surface area contributed by atoms with Gasteiger partial charge >= 0.3 is 0 Å². The average molecular weight is 269 g/mol. The lowest BCUT2D eigenvalue weighted by molar-refractivity contribution is 0.285. The molecule has 0 saturated heterocycles. The van der Waals surface area contributed by atoms with E-state index in [0.29, 0.717) is 16.1 Å². The summed E-state index contributed by atoms with van der Waals surface area (Å²) in [5.74, 6) is 0.768. The van der Waals surface area contributed by atoms with Crippen LogP contribution in [-0.4, -0.2) is 11.0 Å². The Labute approximate surface area is 113 Å². The first kappa shape index (κ1) is 12.7. The van der Waals surface area contributed by atoms with Gasteiger partial charge in [0, 0.05) is 22.3 Å². The molecule has 1 aliphatic rings. The Hall–Kier alpha value is -0.800. The number of halogens is 1. The molecule has 0 spiro atoms. The molecule has 1 atom stereocenters. The molecule has 1 unspecified atom stereocenters. The first-order valence-electron chi connectivity index (χ1n) is 5.94. The van der Waals surface area contributed by atoms with Crippen LogP contribution in [0.25, 0.3) is 0 Å². The minimum Gasteiger partial charge on any atom is -0.389 e. The smallest absolute Gasteiger partial charge is 0.106 e. The van der Waals surface area contributed by atoms with Crippen molar-refractivity contribution in [2.75, 3.05) is 5.32 Å². The lowest BCUT2D eigenvalue weighted by atomic mass is 9.80. The fraction of sp³-hybridized carbons (Fsp3) is 0.462. The molecule has 1 saturated carbocycles. The van der Waals surface area contributed by atoms with Gasteiger partial charge in [-0.15, -0.1) is 0 Å². The summed E-state index contributed by atoms with van der Waals surface area (Å²) in [5, 5.41) is 4.16. The van der Waals surface area contributed by atoms with Gasteiger partial charge in [-0.1, -0.05) is 30.2 Å².